The highest BCUT2D eigenvalue weighted by Crippen LogP contribution is 2.29. The smallest absolute Gasteiger partial charge is 0.123 e. The van der Waals surface area contributed by atoms with Crippen LogP contribution in [0.5, 0.6) is 5.75 Å². The summed E-state index contributed by atoms with van der Waals surface area (Å²) in [7, 11) is 0. The molecule has 0 heterocycles. The predicted molar refractivity (Wildman–Crippen MR) is 80.3 cm³/mol. The van der Waals surface area contributed by atoms with Gasteiger partial charge < -0.3 is 10.5 Å². The Kier molecular flexibility index (Phi) is 5.08. The first kappa shape index (κ1) is 14.2. The number of nitrogens with two attached hydrogens (primary N) is 1. The van der Waals surface area contributed by atoms with Crippen molar-refractivity contribution in [3.05, 3.63) is 23.8 Å². The van der Waals surface area contributed by atoms with Crippen LogP contribution in [0.2, 0.25) is 0 Å². The fraction of sp³-hybridized carbons (Fsp3) is 0.625. The van der Waals surface area contributed by atoms with E-state index < -0.39 is 0 Å². The molecule has 3 nitrogen and oxygen atoms in total. The standard InChI is InChI=1S/C16H26N2O/c1-3-18(11-13-6-5-7-13)12-14-10-15(17)8-9-16(14)19-4-2/h8-10,13H,3-7,11-12,17H2,1-2H3. The minimum atomic E-state index is 0.700. The Morgan fingerprint density at radius 1 is 1.32 bits per heavy atom. The van der Waals surface area contributed by atoms with Crippen LogP contribution in [0.4, 0.5) is 5.69 Å². The molecule has 0 unspecified atom stereocenters. The third kappa shape index (κ3) is 3.87. The molecule has 1 aliphatic rings. The van der Waals surface area contributed by atoms with Crippen LogP contribution < -0.4 is 10.5 Å². The average molecular weight is 262 g/mol. The number of hydrogen-bond acceptors (Lipinski definition) is 3. The highest BCUT2D eigenvalue weighted by Gasteiger charge is 2.20. The molecule has 0 atom stereocenters. The van der Waals surface area contributed by atoms with E-state index >= 15 is 0 Å². The molecule has 0 bridgehead atoms. The van der Waals surface area contributed by atoms with Gasteiger partial charge in [0, 0.05) is 24.3 Å². The Bertz CT molecular complexity index is 402. The van der Waals surface area contributed by atoms with Gasteiger partial charge in [0.1, 0.15) is 5.75 Å². The van der Waals surface area contributed by atoms with E-state index in [-0.39, 0.29) is 0 Å². The molecule has 2 rings (SSSR count). The Morgan fingerprint density at radius 3 is 2.68 bits per heavy atom. The molecule has 0 aromatic heterocycles. The van der Waals surface area contributed by atoms with Gasteiger partial charge in [0.25, 0.3) is 0 Å². The molecule has 2 N–H and O–H groups in total. The van der Waals surface area contributed by atoms with Gasteiger partial charge in [-0.1, -0.05) is 13.3 Å². The Balaban J connectivity index is 2.03. The molecule has 3 heteroatoms. The van der Waals surface area contributed by atoms with E-state index in [0.717, 1.165) is 30.4 Å². The van der Waals surface area contributed by atoms with Crippen LogP contribution in [0.25, 0.3) is 0 Å². The zero-order valence-electron chi connectivity index (χ0n) is 12.2. The number of nitrogens with zero attached hydrogens (tertiary/aromatic N) is 1. The molecule has 1 fully saturated rings. The van der Waals surface area contributed by atoms with Gasteiger partial charge in [0.05, 0.1) is 6.61 Å². The monoisotopic (exact) mass is 262 g/mol. The first-order valence-corrected chi connectivity index (χ1v) is 7.46. The van der Waals surface area contributed by atoms with Crippen LogP contribution >= 0.6 is 0 Å². The second-order valence-electron chi connectivity index (χ2n) is 5.42. The average Bonchev–Trinajstić information content (AvgIpc) is 2.35. The van der Waals surface area contributed by atoms with Crippen molar-refractivity contribution >= 4 is 5.69 Å². The molecular formula is C16H26N2O. The van der Waals surface area contributed by atoms with Gasteiger partial charge in [0.2, 0.25) is 0 Å². The van der Waals surface area contributed by atoms with Gasteiger partial charge in [0.15, 0.2) is 0 Å². The van der Waals surface area contributed by atoms with Crippen LogP contribution in [0.1, 0.15) is 38.7 Å². The summed E-state index contributed by atoms with van der Waals surface area (Å²) in [4.78, 5) is 2.50. The lowest BCUT2D eigenvalue weighted by Gasteiger charge is -2.32. The fourth-order valence-corrected chi connectivity index (χ4v) is 2.61. The summed E-state index contributed by atoms with van der Waals surface area (Å²) >= 11 is 0. The summed E-state index contributed by atoms with van der Waals surface area (Å²) in [6.07, 6.45) is 4.20. The van der Waals surface area contributed by atoms with Crippen molar-refractivity contribution in [2.24, 2.45) is 5.92 Å². The zero-order chi connectivity index (χ0) is 13.7. The largest absolute Gasteiger partial charge is 0.494 e. The first-order valence-electron chi connectivity index (χ1n) is 7.46. The SMILES string of the molecule is CCOc1ccc(N)cc1CN(CC)CC1CCC1. The van der Waals surface area contributed by atoms with E-state index in [4.69, 9.17) is 10.5 Å². The summed E-state index contributed by atoms with van der Waals surface area (Å²) < 4.78 is 5.70. The van der Waals surface area contributed by atoms with E-state index in [2.05, 4.69) is 17.9 Å². The summed E-state index contributed by atoms with van der Waals surface area (Å²) in [5, 5.41) is 0. The van der Waals surface area contributed by atoms with E-state index in [0.29, 0.717) is 6.61 Å². The van der Waals surface area contributed by atoms with Crippen LogP contribution in [0, 0.1) is 5.92 Å². The number of anilines is 1. The minimum absolute atomic E-state index is 0.700. The lowest BCUT2D eigenvalue weighted by atomic mass is 9.85. The van der Waals surface area contributed by atoms with Gasteiger partial charge in [-0.05, 0) is 50.4 Å². The molecular weight excluding hydrogens is 236 g/mol. The number of ether oxygens (including phenoxy) is 1. The lowest BCUT2D eigenvalue weighted by molar-refractivity contribution is 0.176. The highest BCUT2D eigenvalue weighted by molar-refractivity contribution is 5.47. The number of benzene rings is 1. The van der Waals surface area contributed by atoms with Crippen molar-refractivity contribution in [1.29, 1.82) is 0 Å². The van der Waals surface area contributed by atoms with E-state index in [1.807, 2.05) is 19.1 Å². The molecule has 0 spiro atoms. The maximum atomic E-state index is 5.91. The molecule has 0 amide bonds. The fourth-order valence-electron chi connectivity index (χ4n) is 2.61. The number of rotatable bonds is 7. The van der Waals surface area contributed by atoms with Gasteiger partial charge >= 0.3 is 0 Å². The molecule has 1 aliphatic carbocycles. The molecule has 106 valence electrons. The van der Waals surface area contributed by atoms with Crippen LogP contribution in [0.3, 0.4) is 0 Å². The van der Waals surface area contributed by atoms with Gasteiger partial charge in [-0.25, -0.2) is 0 Å². The molecule has 1 aromatic carbocycles. The first-order chi connectivity index (χ1) is 9.22. The van der Waals surface area contributed by atoms with E-state index in [1.165, 1.54) is 31.4 Å². The molecule has 0 aliphatic heterocycles. The second-order valence-corrected chi connectivity index (χ2v) is 5.42. The van der Waals surface area contributed by atoms with Crippen molar-refractivity contribution in [3.63, 3.8) is 0 Å². The number of nitrogen functional groups attached to an aromatic ring is 1. The third-order valence-electron chi connectivity index (χ3n) is 3.97. The zero-order valence-corrected chi connectivity index (χ0v) is 12.2. The predicted octanol–water partition coefficient (Wildman–Crippen LogP) is 3.29. The van der Waals surface area contributed by atoms with Crippen molar-refractivity contribution in [1.82, 2.24) is 4.90 Å². The van der Waals surface area contributed by atoms with Crippen LogP contribution in [0.15, 0.2) is 18.2 Å². The molecule has 1 saturated carbocycles. The summed E-state index contributed by atoms with van der Waals surface area (Å²) in [5.41, 5.74) is 7.93. The normalized spacial score (nSPS) is 15.5. The molecule has 1 aromatic rings. The Labute approximate surface area is 116 Å². The quantitative estimate of drug-likeness (QED) is 0.766. The summed E-state index contributed by atoms with van der Waals surface area (Å²) in [6, 6.07) is 5.95. The molecule has 19 heavy (non-hydrogen) atoms. The maximum absolute atomic E-state index is 5.91. The second kappa shape index (κ2) is 6.80. The van der Waals surface area contributed by atoms with Crippen LogP contribution in [-0.2, 0) is 6.54 Å². The van der Waals surface area contributed by atoms with E-state index in [1.54, 1.807) is 0 Å². The van der Waals surface area contributed by atoms with Crippen LogP contribution in [-0.4, -0.2) is 24.6 Å². The minimum Gasteiger partial charge on any atom is -0.494 e. The van der Waals surface area contributed by atoms with Crippen molar-refractivity contribution in [2.45, 2.75) is 39.7 Å². The molecule has 0 saturated heterocycles. The van der Waals surface area contributed by atoms with E-state index in [9.17, 15) is 0 Å². The lowest BCUT2D eigenvalue weighted by Crippen LogP contribution is -2.32. The van der Waals surface area contributed by atoms with Crippen molar-refractivity contribution in [2.75, 3.05) is 25.4 Å². The van der Waals surface area contributed by atoms with Gasteiger partial charge in [-0.2, -0.15) is 0 Å². The third-order valence-corrected chi connectivity index (χ3v) is 3.97. The number of hydrogen-bond donors (Lipinski definition) is 1. The Hall–Kier alpha value is -1.22. The van der Waals surface area contributed by atoms with Gasteiger partial charge in [-0.3, -0.25) is 4.90 Å². The van der Waals surface area contributed by atoms with Gasteiger partial charge in [-0.15, -0.1) is 0 Å². The summed E-state index contributed by atoms with van der Waals surface area (Å²) in [6.45, 7) is 8.17. The highest BCUT2D eigenvalue weighted by atomic mass is 16.5. The maximum Gasteiger partial charge on any atom is 0.123 e. The Morgan fingerprint density at radius 2 is 2.11 bits per heavy atom. The molecule has 0 radical (unpaired) electrons. The van der Waals surface area contributed by atoms with Crippen molar-refractivity contribution in [3.8, 4) is 5.75 Å². The summed E-state index contributed by atoms with van der Waals surface area (Å²) in [5.74, 6) is 1.88. The van der Waals surface area contributed by atoms with Crippen molar-refractivity contribution < 1.29 is 4.74 Å². The topological polar surface area (TPSA) is 38.5 Å².